The number of rotatable bonds is 21. The van der Waals surface area contributed by atoms with Gasteiger partial charge in [0, 0.05) is 12.3 Å². The number of hydrogen-bond donors (Lipinski definition) is 21. The van der Waals surface area contributed by atoms with Crippen LogP contribution in [0, 0.1) is 52.3 Å². The van der Waals surface area contributed by atoms with Gasteiger partial charge in [0.2, 0.25) is 0 Å². The molecule has 0 amide bonds. The lowest BCUT2D eigenvalue weighted by Gasteiger charge is -2.62. The molecule has 7 heterocycles. The molecule has 0 aromatic rings. The van der Waals surface area contributed by atoms with Gasteiger partial charge in [-0.1, -0.05) is 27.7 Å². The molecule has 34 nitrogen and oxygen atoms in total. The van der Waals surface area contributed by atoms with Crippen molar-refractivity contribution in [2.24, 2.45) is 52.3 Å². The van der Waals surface area contributed by atoms with Gasteiger partial charge in [-0.25, -0.2) is 0 Å². The van der Waals surface area contributed by atoms with Crippen LogP contribution < -0.4 is 0 Å². The van der Waals surface area contributed by atoms with E-state index < -0.39 is 241 Å². The van der Waals surface area contributed by atoms with Crippen molar-refractivity contribution in [3.8, 4) is 0 Å². The third kappa shape index (κ3) is 14.3. The molecule has 0 radical (unpaired) electrons. The van der Waals surface area contributed by atoms with Crippen LogP contribution in [0.4, 0.5) is 0 Å². The molecule has 97 heavy (non-hydrogen) atoms. The lowest BCUT2D eigenvalue weighted by Crippen LogP contribution is -2.69. The van der Waals surface area contributed by atoms with Gasteiger partial charge in [-0.3, -0.25) is 0 Å². The van der Waals surface area contributed by atoms with Gasteiger partial charge in [-0.15, -0.1) is 0 Å². The summed E-state index contributed by atoms with van der Waals surface area (Å²) in [4.78, 5) is 0. The van der Waals surface area contributed by atoms with Crippen LogP contribution in [0.25, 0.3) is 0 Å². The molecule has 11 fully saturated rings. The molecule has 34 heteroatoms. The molecule has 0 aromatic heterocycles. The predicted molar refractivity (Wildman–Crippen MR) is 317 cm³/mol. The maximum atomic E-state index is 12.8. The maximum absolute atomic E-state index is 12.8. The average molecular weight is 1410 g/mol. The Hall–Kier alpha value is -1.36. The van der Waals surface area contributed by atoms with Gasteiger partial charge < -0.3 is 169 Å². The Balaban J connectivity index is 0.796. The van der Waals surface area contributed by atoms with Crippen molar-refractivity contribution in [2.45, 2.75) is 301 Å². The zero-order chi connectivity index (χ0) is 70.4. The second-order valence-corrected chi connectivity index (χ2v) is 30.0. The fourth-order valence-electron chi connectivity index (χ4n) is 18.6. The molecule has 0 bridgehead atoms. The number of fused-ring (bicyclic) bond motifs is 7. The van der Waals surface area contributed by atoms with Gasteiger partial charge in [0.1, 0.15) is 140 Å². The zero-order valence-corrected chi connectivity index (χ0v) is 54.9. The van der Waals surface area contributed by atoms with Crippen LogP contribution in [0.2, 0.25) is 0 Å². The largest absolute Gasteiger partial charge is 0.394 e. The van der Waals surface area contributed by atoms with Crippen molar-refractivity contribution in [1.82, 2.24) is 0 Å². The van der Waals surface area contributed by atoms with E-state index in [9.17, 15) is 107 Å². The Kier molecular flexibility index (Phi) is 24.2. The van der Waals surface area contributed by atoms with Crippen LogP contribution in [-0.4, -0.2) is 355 Å². The molecular weight excluding hydrogens is 1300 g/mol. The number of ether oxygens (including phenoxy) is 13. The lowest BCUT2D eigenvalue weighted by molar-refractivity contribution is -0.413. The minimum Gasteiger partial charge on any atom is -0.394 e. The van der Waals surface area contributed by atoms with E-state index in [4.69, 9.17) is 61.6 Å². The normalized spacial score (nSPS) is 55.9. The molecule has 0 spiro atoms. The van der Waals surface area contributed by atoms with Gasteiger partial charge >= 0.3 is 0 Å². The van der Waals surface area contributed by atoms with Crippen LogP contribution >= 0.6 is 0 Å². The van der Waals surface area contributed by atoms with Crippen LogP contribution in [0.5, 0.6) is 0 Å². The average Bonchev–Trinajstić information content (AvgIpc) is 1.57. The Morgan fingerprint density at radius 1 is 0.423 bits per heavy atom. The fraction of sp³-hybridized carbons (Fsp3) is 1.00. The minimum atomic E-state index is -2.15. The zero-order valence-electron chi connectivity index (χ0n) is 54.9. The highest BCUT2D eigenvalue weighted by atomic mass is 16.8. The van der Waals surface area contributed by atoms with Crippen molar-refractivity contribution in [2.75, 3.05) is 39.6 Å². The SMILES string of the molecule is C[C@H](CCC1(O)O[C@H]2C[C@H]3[C@@H]4C[C@@H](O)[C@H]5C[C@@H](O[C@@H]6O[C@H](CO)[C@H](O[C@@H]7O[C@H](CO)[C@@H](O)[C@H](O[C@@H]8O[C@H](CO)[C@@H](O)[C@H](O)[C@H]8O)[C@H]7O[C@@H]7O[C@H](CO)[C@@H](O)[C@H](O)[C@H]7O)[C@H](O)[C@H]6O[C@@H]6O[C@@H](C)[C@H](O)[C@@H](O)[C@H]6O)CC[C@]5(C)[C@H]4CC[C@]3(C)[C@H]2[C@@H]1C)CO[C@@H]1O[C@H](CO)[C@@H](O)[C@H](O)[C@H]1O. The summed E-state index contributed by atoms with van der Waals surface area (Å²) in [7, 11) is 0. The van der Waals surface area contributed by atoms with E-state index in [1.165, 1.54) is 6.92 Å². The highest BCUT2D eigenvalue weighted by Gasteiger charge is 2.70. The monoisotopic (exact) mass is 1410 g/mol. The molecule has 11 aliphatic rings. The maximum Gasteiger partial charge on any atom is 0.187 e. The summed E-state index contributed by atoms with van der Waals surface area (Å²) in [5, 5.41) is 230. The lowest BCUT2D eigenvalue weighted by atomic mass is 9.43. The van der Waals surface area contributed by atoms with E-state index in [-0.39, 0.29) is 66.0 Å². The Morgan fingerprint density at radius 2 is 0.887 bits per heavy atom. The molecule has 562 valence electrons. The van der Waals surface area contributed by atoms with Crippen molar-refractivity contribution >= 4 is 0 Å². The van der Waals surface area contributed by atoms with E-state index >= 15 is 0 Å². The Labute approximate surface area is 559 Å². The first-order valence-corrected chi connectivity index (χ1v) is 34.4. The van der Waals surface area contributed by atoms with Crippen LogP contribution in [0.3, 0.4) is 0 Å². The second kappa shape index (κ2) is 30.6. The quantitative estimate of drug-likeness (QED) is 0.0475. The van der Waals surface area contributed by atoms with Gasteiger partial charge in [0.25, 0.3) is 0 Å². The van der Waals surface area contributed by atoms with Crippen molar-refractivity contribution in [3.63, 3.8) is 0 Å². The Bertz CT molecular complexity index is 2530. The molecule has 4 aliphatic carbocycles. The fourth-order valence-corrected chi connectivity index (χ4v) is 18.6. The molecule has 11 rings (SSSR count). The summed E-state index contributed by atoms with van der Waals surface area (Å²) >= 11 is 0. The first kappa shape index (κ1) is 76.8. The minimum absolute atomic E-state index is 0.00386. The van der Waals surface area contributed by atoms with E-state index in [2.05, 4.69) is 13.8 Å². The second-order valence-electron chi connectivity index (χ2n) is 30.0. The summed E-state index contributed by atoms with van der Waals surface area (Å²) in [6.45, 7) is 5.46. The van der Waals surface area contributed by atoms with Crippen LogP contribution in [-0.2, 0) is 61.6 Å². The molecule has 1 unspecified atom stereocenters. The number of hydrogen-bond acceptors (Lipinski definition) is 34. The van der Waals surface area contributed by atoms with Crippen LogP contribution in [0.1, 0.15) is 92.4 Å². The predicted octanol–water partition coefficient (Wildman–Crippen LogP) is -8.31. The third-order valence-corrected chi connectivity index (χ3v) is 24.3. The molecule has 0 aromatic carbocycles. The van der Waals surface area contributed by atoms with Crippen molar-refractivity contribution in [1.29, 1.82) is 0 Å². The van der Waals surface area contributed by atoms with Gasteiger partial charge in [-0.2, -0.15) is 0 Å². The third-order valence-electron chi connectivity index (χ3n) is 24.3. The van der Waals surface area contributed by atoms with Gasteiger partial charge in [0.15, 0.2) is 43.5 Å². The topological polar surface area (TPSA) is 545 Å². The van der Waals surface area contributed by atoms with Gasteiger partial charge in [0.05, 0.1) is 64.1 Å². The molecule has 7 aliphatic heterocycles. The number of aliphatic hydroxyl groups excluding tert-OH is 20. The van der Waals surface area contributed by atoms with E-state index in [1.54, 1.807) is 0 Å². The first-order chi connectivity index (χ1) is 45.9. The van der Waals surface area contributed by atoms with E-state index in [0.717, 1.165) is 12.8 Å². The van der Waals surface area contributed by atoms with Crippen LogP contribution in [0.15, 0.2) is 0 Å². The molecule has 7 saturated heterocycles. The number of aliphatic hydroxyl groups is 21. The highest BCUT2D eigenvalue weighted by molar-refractivity contribution is 5.16. The van der Waals surface area contributed by atoms with Gasteiger partial charge in [-0.05, 0) is 105 Å². The molecule has 43 atom stereocenters. The smallest absolute Gasteiger partial charge is 0.187 e. The summed E-state index contributed by atoms with van der Waals surface area (Å²) in [6.07, 6.45) is -51.0. The highest BCUT2D eigenvalue weighted by Crippen LogP contribution is 2.71. The summed E-state index contributed by atoms with van der Waals surface area (Å²) < 4.78 is 79.3. The summed E-state index contributed by atoms with van der Waals surface area (Å²) in [5.74, 6) is -1.79. The first-order valence-electron chi connectivity index (χ1n) is 34.4. The Morgan fingerprint density at radius 3 is 1.46 bits per heavy atom. The molecule has 21 N–H and O–H groups in total. The van der Waals surface area contributed by atoms with E-state index in [1.807, 2.05) is 13.8 Å². The van der Waals surface area contributed by atoms with Crippen molar-refractivity contribution < 1.29 is 169 Å². The standard InChI is InChI=1S/C63H106O34/c1-21(20-85-55-46(79)43(76)38(71)31(15-64)88-55)6-11-63(84)22(2)36-30(97-63)14-27-25-13-29(69)28-12-24(7-9-61(28,4)26(25)8-10-62(27,36)5)87-59-53(95-56-47(80)42(75)37(70)23(3)86-56)50(83)51(35(19-68)92-59)93-60-54(96-58-49(82)45(78)40(73)33(17-66)90-58)52(41(74)34(18-67)91-60)94-57-48(81)44(77)39(72)32(16-65)89-57/h21-60,64-84H,6-20H2,1-5H3/t21-,22+,23+,24+,25-,26+,27+,28-,29-,30+,31-,32-,33-,34-,35-,36+,37+,38-,39-,40-,41-,42-,43+,44+,45+,46-,47-,48-,49-,50+,51+,52+,53-,54-,55-,56+,57+,58+,59-,60+,61-,62+,63?/m1/s1. The summed E-state index contributed by atoms with van der Waals surface area (Å²) in [5.41, 5.74) is -0.659. The summed E-state index contributed by atoms with van der Waals surface area (Å²) in [6, 6.07) is 0. The van der Waals surface area contributed by atoms with Crippen molar-refractivity contribution in [3.05, 3.63) is 0 Å². The molecule has 4 saturated carbocycles. The van der Waals surface area contributed by atoms with E-state index in [0.29, 0.717) is 38.5 Å². The molecular formula is C63H106O34.